The summed E-state index contributed by atoms with van der Waals surface area (Å²) in [4.78, 5) is 13.2. The molecule has 3 N–H and O–H groups in total. The summed E-state index contributed by atoms with van der Waals surface area (Å²) >= 11 is 0. The molecule has 0 spiro atoms. The number of fused-ring (bicyclic) bond motifs is 1. The van der Waals surface area contributed by atoms with Gasteiger partial charge in [0, 0.05) is 36.3 Å². The molecule has 132 valence electrons. The molecule has 0 atom stereocenters. The maximum Gasteiger partial charge on any atom is 0.154 e. The first-order valence-electron chi connectivity index (χ1n) is 8.35. The van der Waals surface area contributed by atoms with Gasteiger partial charge in [-0.2, -0.15) is 5.10 Å². The zero-order chi connectivity index (χ0) is 18.5. The first kappa shape index (κ1) is 17.5. The normalized spacial score (nSPS) is 12.4. The van der Waals surface area contributed by atoms with Crippen LogP contribution < -0.4 is 11.1 Å². The molecule has 7 heteroatoms. The first-order valence-corrected chi connectivity index (χ1v) is 8.35. The molecular weight excluding hydrogens is 326 g/mol. The van der Waals surface area contributed by atoms with Gasteiger partial charge < -0.3 is 11.1 Å². The van der Waals surface area contributed by atoms with Gasteiger partial charge in [0.25, 0.3) is 0 Å². The Morgan fingerprint density at radius 1 is 1.19 bits per heavy atom. The molecule has 3 heterocycles. The Morgan fingerprint density at radius 3 is 2.77 bits per heavy atom. The summed E-state index contributed by atoms with van der Waals surface area (Å²) in [7, 11) is 1.71. The van der Waals surface area contributed by atoms with E-state index >= 15 is 0 Å². The maximum absolute atomic E-state index is 5.97. The van der Waals surface area contributed by atoms with E-state index in [0.717, 1.165) is 34.2 Å². The second-order valence-corrected chi connectivity index (χ2v) is 5.87. The van der Waals surface area contributed by atoms with Gasteiger partial charge >= 0.3 is 0 Å². The molecule has 7 nitrogen and oxygen atoms in total. The van der Waals surface area contributed by atoms with Crippen molar-refractivity contribution in [3.8, 4) is 0 Å². The van der Waals surface area contributed by atoms with Crippen molar-refractivity contribution < 1.29 is 0 Å². The molecule has 0 aliphatic rings. The second-order valence-electron chi connectivity index (χ2n) is 5.87. The predicted molar refractivity (Wildman–Crippen MR) is 105 cm³/mol. The van der Waals surface area contributed by atoms with Gasteiger partial charge in [0.05, 0.1) is 17.2 Å². The summed E-state index contributed by atoms with van der Waals surface area (Å²) in [5, 5.41) is 11.3. The van der Waals surface area contributed by atoms with E-state index in [2.05, 4.69) is 37.4 Å². The van der Waals surface area contributed by atoms with Crippen LogP contribution in [0.1, 0.15) is 25.0 Å². The number of nitrogens with two attached hydrogens (primary N) is 1. The van der Waals surface area contributed by atoms with Gasteiger partial charge in [0.15, 0.2) is 5.82 Å². The molecule has 0 saturated heterocycles. The molecule has 0 bridgehead atoms. The van der Waals surface area contributed by atoms with Crippen LogP contribution in [0, 0.1) is 0 Å². The topological polar surface area (TPSA) is 102 Å². The van der Waals surface area contributed by atoms with Crippen molar-refractivity contribution in [1.82, 2.24) is 20.2 Å². The number of aliphatic imine (C=N–C) groups is 1. The zero-order valence-corrected chi connectivity index (χ0v) is 15.1. The van der Waals surface area contributed by atoms with Crippen LogP contribution in [0.15, 0.2) is 47.3 Å². The number of allylic oxidation sites excluding steroid dienone is 2. The van der Waals surface area contributed by atoms with Crippen molar-refractivity contribution in [2.75, 3.05) is 12.4 Å². The summed E-state index contributed by atoms with van der Waals surface area (Å²) in [5.74, 6) is 1.34. The Labute approximate surface area is 152 Å². The van der Waals surface area contributed by atoms with E-state index in [9.17, 15) is 0 Å². The van der Waals surface area contributed by atoms with Crippen LogP contribution in [-0.2, 0) is 6.42 Å². The minimum atomic E-state index is 0.664. The fourth-order valence-electron chi connectivity index (χ4n) is 2.55. The molecule has 3 aromatic rings. The second kappa shape index (κ2) is 7.69. The van der Waals surface area contributed by atoms with Gasteiger partial charge in [-0.1, -0.05) is 6.92 Å². The number of nitrogens with one attached hydrogen (secondary N) is 1. The van der Waals surface area contributed by atoms with Crippen LogP contribution in [-0.4, -0.2) is 33.4 Å². The summed E-state index contributed by atoms with van der Waals surface area (Å²) in [5.41, 5.74) is 11.0. The number of aryl methyl sites for hydroxylation is 1. The van der Waals surface area contributed by atoms with E-state index in [1.165, 1.54) is 0 Å². The van der Waals surface area contributed by atoms with Gasteiger partial charge in [-0.3, -0.25) is 9.98 Å². The van der Waals surface area contributed by atoms with Crippen LogP contribution in [0.5, 0.6) is 0 Å². The van der Waals surface area contributed by atoms with E-state index in [4.69, 9.17) is 5.73 Å². The molecule has 0 amide bonds. The van der Waals surface area contributed by atoms with Crippen LogP contribution in [0.4, 0.5) is 11.6 Å². The number of hydrogen-bond donors (Lipinski definition) is 2. The molecule has 0 unspecified atom stereocenters. The molecule has 0 fully saturated rings. The SMILES string of the molecule is CCc1cnnc(Nc2ccc3ncc(C(C=NC)=C(C)N)cc3n2)c1. The highest BCUT2D eigenvalue weighted by Crippen LogP contribution is 2.21. The van der Waals surface area contributed by atoms with Crippen LogP contribution in [0.3, 0.4) is 0 Å². The Hall–Kier alpha value is -3.35. The highest BCUT2D eigenvalue weighted by atomic mass is 15.2. The summed E-state index contributed by atoms with van der Waals surface area (Å²) in [6.07, 6.45) is 6.16. The number of pyridine rings is 2. The van der Waals surface area contributed by atoms with E-state index in [-0.39, 0.29) is 0 Å². The zero-order valence-electron chi connectivity index (χ0n) is 15.1. The van der Waals surface area contributed by atoms with E-state index < -0.39 is 0 Å². The van der Waals surface area contributed by atoms with Crippen molar-refractivity contribution in [2.45, 2.75) is 20.3 Å². The lowest BCUT2D eigenvalue weighted by Crippen LogP contribution is -2.01. The van der Waals surface area contributed by atoms with Gasteiger partial charge in [-0.15, -0.1) is 5.10 Å². The van der Waals surface area contributed by atoms with Gasteiger partial charge in [0.2, 0.25) is 0 Å². The monoisotopic (exact) mass is 347 g/mol. The molecule has 0 radical (unpaired) electrons. The lowest BCUT2D eigenvalue weighted by Gasteiger charge is -2.08. The van der Waals surface area contributed by atoms with Crippen molar-refractivity contribution >= 4 is 34.5 Å². The molecule has 0 saturated carbocycles. The Bertz CT molecular complexity index is 988. The molecule has 0 aliphatic heterocycles. The highest BCUT2D eigenvalue weighted by molar-refractivity contribution is 6.11. The number of hydrogen-bond acceptors (Lipinski definition) is 7. The third-order valence-corrected chi connectivity index (χ3v) is 3.91. The maximum atomic E-state index is 5.97. The molecular formula is C19H21N7. The number of rotatable bonds is 5. The fourth-order valence-corrected chi connectivity index (χ4v) is 2.55. The average Bonchev–Trinajstić information content (AvgIpc) is 2.65. The van der Waals surface area contributed by atoms with Crippen molar-refractivity contribution in [3.63, 3.8) is 0 Å². The van der Waals surface area contributed by atoms with Crippen molar-refractivity contribution in [2.24, 2.45) is 10.7 Å². The van der Waals surface area contributed by atoms with E-state index in [1.54, 1.807) is 25.7 Å². The van der Waals surface area contributed by atoms with Crippen molar-refractivity contribution in [3.05, 3.63) is 53.5 Å². The van der Waals surface area contributed by atoms with Gasteiger partial charge in [-0.05, 0) is 43.2 Å². The average molecular weight is 347 g/mol. The number of nitrogens with zero attached hydrogens (tertiary/aromatic N) is 5. The van der Waals surface area contributed by atoms with Crippen molar-refractivity contribution in [1.29, 1.82) is 0 Å². The summed E-state index contributed by atoms with van der Waals surface area (Å²) in [6.45, 7) is 3.92. The molecule has 0 aromatic carbocycles. The third kappa shape index (κ3) is 3.83. The quantitative estimate of drug-likeness (QED) is 0.688. The van der Waals surface area contributed by atoms with Crippen LogP contribution >= 0.6 is 0 Å². The fraction of sp³-hybridized carbons (Fsp3) is 0.211. The molecule has 3 aromatic heterocycles. The molecule has 26 heavy (non-hydrogen) atoms. The Morgan fingerprint density at radius 2 is 2.04 bits per heavy atom. The van der Waals surface area contributed by atoms with Crippen LogP contribution in [0.2, 0.25) is 0 Å². The smallest absolute Gasteiger partial charge is 0.154 e. The highest BCUT2D eigenvalue weighted by Gasteiger charge is 2.07. The lowest BCUT2D eigenvalue weighted by atomic mass is 10.1. The Kier molecular flexibility index (Phi) is 5.17. The van der Waals surface area contributed by atoms with Gasteiger partial charge in [-0.25, -0.2) is 4.98 Å². The van der Waals surface area contributed by atoms with Crippen LogP contribution in [0.25, 0.3) is 16.6 Å². The van der Waals surface area contributed by atoms with E-state index in [0.29, 0.717) is 17.3 Å². The largest absolute Gasteiger partial charge is 0.402 e. The third-order valence-electron chi connectivity index (χ3n) is 3.91. The molecule has 0 aliphatic carbocycles. The summed E-state index contributed by atoms with van der Waals surface area (Å²) in [6, 6.07) is 7.70. The Balaban J connectivity index is 1.98. The van der Waals surface area contributed by atoms with Gasteiger partial charge in [0.1, 0.15) is 5.82 Å². The minimum absolute atomic E-state index is 0.664. The first-order chi connectivity index (χ1) is 12.6. The predicted octanol–water partition coefficient (Wildman–Crippen LogP) is 3.12. The lowest BCUT2D eigenvalue weighted by molar-refractivity contribution is 0.987. The standard InChI is InChI=1S/C19H21N7/c1-4-13-7-19(26-23-9-13)25-18-6-5-16-17(24-18)8-14(10-22-16)15(11-21-3)12(2)20/h5-11H,4,20H2,1-3H3,(H,24,25,26). The number of aromatic nitrogens is 4. The molecule has 3 rings (SSSR count). The summed E-state index contributed by atoms with van der Waals surface area (Å²) < 4.78 is 0. The van der Waals surface area contributed by atoms with E-state index in [1.807, 2.05) is 31.2 Å². The number of anilines is 2. The minimum Gasteiger partial charge on any atom is -0.402 e.